The van der Waals surface area contributed by atoms with Crippen molar-refractivity contribution in [3.63, 3.8) is 0 Å². The Morgan fingerprint density at radius 2 is 1.32 bits per heavy atom. The molecule has 1 amide bonds. The SMILES string of the molecule is CC1=C(C)C(C)[C]([Zr+2]([NH]C=O)[SiH](c2ccccc2)c2ccccc2)=C1C.[Cl-].[Cl-]. The maximum atomic E-state index is 11.6. The second-order valence-electron chi connectivity index (χ2n) is 7.00. The van der Waals surface area contributed by atoms with Crippen LogP contribution in [0.1, 0.15) is 27.7 Å². The number of hydrogen-bond donors (Lipinski definition) is 1. The van der Waals surface area contributed by atoms with Crippen LogP contribution in [0.25, 0.3) is 0 Å². The van der Waals surface area contributed by atoms with Gasteiger partial charge in [0, 0.05) is 0 Å². The predicted molar refractivity (Wildman–Crippen MR) is 109 cm³/mol. The molecule has 147 valence electrons. The molecule has 2 aromatic carbocycles. The van der Waals surface area contributed by atoms with Gasteiger partial charge in [0.05, 0.1) is 0 Å². The summed E-state index contributed by atoms with van der Waals surface area (Å²) >= 11 is -2.42. The van der Waals surface area contributed by atoms with Crippen LogP contribution in [-0.4, -0.2) is 12.3 Å². The first kappa shape index (κ1) is 25.1. The Balaban J connectivity index is 0.00000196. The van der Waals surface area contributed by atoms with E-state index in [4.69, 9.17) is 0 Å². The first-order valence-electron chi connectivity index (χ1n) is 9.12. The molecule has 1 aliphatic carbocycles. The Morgan fingerprint density at radius 1 is 0.857 bits per heavy atom. The standard InChI is InChI=1S/C12H11Si.C9H13.CH3NO.2ClH.Zr/c1-3-7-11(8-4-1)13-12-9-5-2-6-10-12;1-6-5-7(2)9(4)8(6)3;2-1-3;;;/h1-10,13H;6H,1-4H3;1H,(H2,2,3);2*1H;/q;;;;;+3/p-3. The normalized spacial score (nSPS) is 15.8. The van der Waals surface area contributed by atoms with Gasteiger partial charge in [0.2, 0.25) is 0 Å². The monoisotopic (exact) mass is 508 g/mol. The van der Waals surface area contributed by atoms with E-state index in [2.05, 4.69) is 91.6 Å². The van der Waals surface area contributed by atoms with Crippen molar-refractivity contribution in [2.24, 2.45) is 5.92 Å². The molecular weight excluding hydrogens is 484 g/mol. The summed E-state index contributed by atoms with van der Waals surface area (Å²) < 4.78 is 5.00. The Labute approximate surface area is 190 Å². The Bertz CT molecular complexity index is 816. The largest absolute Gasteiger partial charge is 1.00 e. The summed E-state index contributed by atoms with van der Waals surface area (Å²) in [6.07, 6.45) is 0.969. The van der Waals surface area contributed by atoms with Gasteiger partial charge in [-0.05, 0) is 0 Å². The average Bonchev–Trinajstić information content (AvgIpc) is 2.86. The van der Waals surface area contributed by atoms with E-state index in [1.807, 2.05) is 0 Å². The van der Waals surface area contributed by atoms with Crippen molar-refractivity contribution >= 4 is 22.7 Å². The van der Waals surface area contributed by atoms with Crippen LogP contribution in [0.5, 0.6) is 0 Å². The number of benzene rings is 2. The van der Waals surface area contributed by atoms with E-state index in [1.54, 1.807) is 3.28 Å². The zero-order valence-electron chi connectivity index (χ0n) is 16.7. The van der Waals surface area contributed by atoms with Gasteiger partial charge in [-0.3, -0.25) is 0 Å². The van der Waals surface area contributed by atoms with E-state index in [1.165, 1.54) is 27.1 Å². The third kappa shape index (κ3) is 4.97. The Kier molecular flexibility index (Phi) is 10.1. The number of amides is 1. The van der Waals surface area contributed by atoms with Crippen LogP contribution < -0.4 is 38.4 Å². The Morgan fingerprint density at radius 3 is 1.68 bits per heavy atom. The van der Waals surface area contributed by atoms with Crippen molar-refractivity contribution in [3.8, 4) is 0 Å². The third-order valence-electron chi connectivity index (χ3n) is 5.70. The molecule has 0 radical (unpaired) electrons. The first-order valence-corrected chi connectivity index (χ1v) is 17.6. The fraction of sp³-hybridized carbons (Fsp3) is 0.227. The molecule has 1 atom stereocenters. The number of rotatable bonds is 6. The number of hydrogen-bond acceptors (Lipinski definition) is 1. The summed E-state index contributed by atoms with van der Waals surface area (Å²) in [5, 5.41) is 2.88. The van der Waals surface area contributed by atoms with Gasteiger partial charge in [-0.2, -0.15) is 0 Å². The summed E-state index contributed by atoms with van der Waals surface area (Å²) in [5.74, 6) is -1.04. The summed E-state index contributed by atoms with van der Waals surface area (Å²) in [6, 6.07) is 21.7. The number of carbonyl (C=O) groups is 1. The zero-order chi connectivity index (χ0) is 18.7. The average molecular weight is 511 g/mol. The van der Waals surface area contributed by atoms with E-state index in [0.29, 0.717) is 5.92 Å². The molecule has 0 aromatic heterocycles. The molecule has 28 heavy (non-hydrogen) atoms. The number of allylic oxidation sites excluding steroid dienone is 4. The van der Waals surface area contributed by atoms with Gasteiger partial charge in [-0.1, -0.05) is 0 Å². The molecule has 6 heteroatoms. The van der Waals surface area contributed by atoms with E-state index in [-0.39, 0.29) is 24.8 Å². The fourth-order valence-corrected chi connectivity index (χ4v) is 25.0. The molecule has 0 saturated heterocycles. The molecule has 3 rings (SSSR count). The molecule has 0 spiro atoms. The summed E-state index contributed by atoms with van der Waals surface area (Å²) in [7, 11) is 0. The van der Waals surface area contributed by atoms with Gasteiger partial charge in [0.25, 0.3) is 0 Å². The van der Waals surface area contributed by atoms with Crippen LogP contribution in [0.2, 0.25) is 0 Å². The van der Waals surface area contributed by atoms with Crippen LogP contribution in [0, 0.1) is 5.92 Å². The van der Waals surface area contributed by atoms with E-state index in [0.717, 1.165) is 6.41 Å². The summed E-state index contributed by atoms with van der Waals surface area (Å²) in [4.78, 5) is 11.6. The molecule has 0 aliphatic heterocycles. The van der Waals surface area contributed by atoms with Gasteiger partial charge in [0.1, 0.15) is 0 Å². The first-order chi connectivity index (χ1) is 12.6. The van der Waals surface area contributed by atoms with Crippen LogP contribution in [-0.2, 0) is 26.0 Å². The number of carbonyl (C=O) groups excluding carboxylic acids is 1. The number of halogens is 2. The molecule has 1 aliphatic rings. The fourth-order valence-electron chi connectivity index (χ4n) is 4.00. The zero-order valence-corrected chi connectivity index (χ0v) is 21.8. The van der Waals surface area contributed by atoms with Gasteiger partial charge in [-0.25, -0.2) is 0 Å². The minimum atomic E-state index is -2.42. The van der Waals surface area contributed by atoms with E-state index >= 15 is 0 Å². The minimum Gasteiger partial charge on any atom is -1.00 e. The molecule has 0 heterocycles. The smallest absolute Gasteiger partial charge is 1.00 e. The van der Waals surface area contributed by atoms with Crippen molar-refractivity contribution in [2.45, 2.75) is 27.7 Å². The van der Waals surface area contributed by atoms with Crippen LogP contribution in [0.15, 0.2) is 80.7 Å². The van der Waals surface area contributed by atoms with E-state index < -0.39 is 27.1 Å². The molecule has 0 bridgehead atoms. The maximum absolute atomic E-state index is 11.6. The molecular formula is C22H26Cl2NOSiZr. The summed E-state index contributed by atoms with van der Waals surface area (Å²) in [6.45, 7) is 9.06. The van der Waals surface area contributed by atoms with Gasteiger partial charge in [-0.15, -0.1) is 0 Å². The Hall–Kier alpha value is -0.930. The minimum absolute atomic E-state index is 0. The van der Waals surface area contributed by atoms with Crippen molar-refractivity contribution in [3.05, 3.63) is 80.7 Å². The van der Waals surface area contributed by atoms with Crippen LogP contribution >= 0.6 is 0 Å². The van der Waals surface area contributed by atoms with Gasteiger partial charge >= 0.3 is 166 Å². The third-order valence-corrected chi connectivity index (χ3v) is 24.8. The molecule has 0 fully saturated rings. The second kappa shape index (κ2) is 11.3. The maximum Gasteiger partial charge on any atom is -1.00 e. The molecule has 1 N–H and O–H groups in total. The van der Waals surface area contributed by atoms with Crippen LogP contribution in [0.4, 0.5) is 0 Å². The molecule has 1 unspecified atom stereocenters. The van der Waals surface area contributed by atoms with Gasteiger partial charge in [0.15, 0.2) is 0 Å². The quantitative estimate of drug-likeness (QED) is 0.328. The van der Waals surface area contributed by atoms with Gasteiger partial charge < -0.3 is 24.8 Å². The van der Waals surface area contributed by atoms with Crippen molar-refractivity contribution < 1.29 is 50.8 Å². The topological polar surface area (TPSA) is 29.1 Å². The molecule has 2 aromatic rings. The van der Waals surface area contributed by atoms with Crippen molar-refractivity contribution in [1.82, 2.24) is 3.26 Å². The van der Waals surface area contributed by atoms with Crippen LogP contribution in [0.3, 0.4) is 0 Å². The molecule has 2 nitrogen and oxygen atoms in total. The van der Waals surface area contributed by atoms with E-state index in [9.17, 15) is 4.79 Å². The van der Waals surface area contributed by atoms with Crippen molar-refractivity contribution in [1.29, 1.82) is 0 Å². The second-order valence-corrected chi connectivity index (χ2v) is 20.9. The predicted octanol–water partition coefficient (Wildman–Crippen LogP) is -2.93. The number of nitrogens with one attached hydrogen (secondary N) is 1. The molecule has 0 saturated carbocycles. The summed E-state index contributed by atoms with van der Waals surface area (Å²) in [5.41, 5.74) is 4.33. The van der Waals surface area contributed by atoms with Crippen molar-refractivity contribution in [2.75, 3.05) is 0 Å².